The molecule has 1 aliphatic heterocycles. The van der Waals surface area contributed by atoms with Gasteiger partial charge in [0.2, 0.25) is 5.95 Å². The van der Waals surface area contributed by atoms with E-state index in [2.05, 4.69) is 46.1 Å². The van der Waals surface area contributed by atoms with E-state index in [-0.39, 0.29) is 5.56 Å². The SMILES string of the molecule is CCc1ccc(-c2nc(N3CCOCC3)c3nc(CN(C)c4ncc(C(=O)NO)cn4)n(C)c3n2)cc1. The monoisotopic (exact) mass is 503 g/mol. The first-order valence-corrected chi connectivity index (χ1v) is 12.1. The molecule has 0 aliphatic carbocycles. The molecule has 2 N–H and O–H groups in total. The molecule has 0 bridgehead atoms. The molecule has 0 spiro atoms. The number of hydrogen-bond donors (Lipinski definition) is 2. The number of fused-ring (bicyclic) bond motifs is 1. The van der Waals surface area contributed by atoms with Gasteiger partial charge in [-0.05, 0) is 12.0 Å². The van der Waals surface area contributed by atoms with Crippen molar-refractivity contribution in [2.75, 3.05) is 43.2 Å². The number of benzene rings is 1. The van der Waals surface area contributed by atoms with Crippen molar-refractivity contribution in [1.82, 2.24) is 35.0 Å². The second-order valence-corrected chi connectivity index (χ2v) is 8.85. The van der Waals surface area contributed by atoms with Crippen molar-refractivity contribution in [3.8, 4) is 11.4 Å². The minimum Gasteiger partial charge on any atom is -0.378 e. The molecule has 3 aromatic heterocycles. The number of imidazole rings is 1. The van der Waals surface area contributed by atoms with Crippen LogP contribution >= 0.6 is 0 Å². The number of hydrogen-bond acceptors (Lipinski definition) is 10. The number of anilines is 2. The van der Waals surface area contributed by atoms with E-state index in [0.717, 1.165) is 47.9 Å². The van der Waals surface area contributed by atoms with Crippen LogP contribution in [0.5, 0.6) is 0 Å². The molecule has 5 rings (SSSR count). The van der Waals surface area contributed by atoms with Gasteiger partial charge in [-0.2, -0.15) is 0 Å². The third-order valence-electron chi connectivity index (χ3n) is 6.45. The molecule has 12 nitrogen and oxygen atoms in total. The Balaban J connectivity index is 1.52. The van der Waals surface area contributed by atoms with Crippen molar-refractivity contribution in [2.45, 2.75) is 19.9 Å². The van der Waals surface area contributed by atoms with E-state index in [0.29, 0.717) is 31.5 Å². The summed E-state index contributed by atoms with van der Waals surface area (Å²) in [6, 6.07) is 8.34. The Morgan fingerprint density at radius 1 is 1.11 bits per heavy atom. The molecule has 0 unspecified atom stereocenters. The predicted octanol–water partition coefficient (Wildman–Crippen LogP) is 1.97. The fourth-order valence-electron chi connectivity index (χ4n) is 4.23. The number of nitrogens with one attached hydrogen (secondary N) is 1. The summed E-state index contributed by atoms with van der Waals surface area (Å²) in [5.41, 5.74) is 5.42. The van der Waals surface area contributed by atoms with E-state index in [4.69, 9.17) is 24.9 Å². The highest BCUT2D eigenvalue weighted by Crippen LogP contribution is 2.29. The molecule has 1 aromatic carbocycles. The number of rotatable bonds is 7. The van der Waals surface area contributed by atoms with E-state index in [9.17, 15) is 4.79 Å². The van der Waals surface area contributed by atoms with Gasteiger partial charge in [-0.15, -0.1) is 0 Å². The van der Waals surface area contributed by atoms with Crippen molar-refractivity contribution in [1.29, 1.82) is 0 Å². The summed E-state index contributed by atoms with van der Waals surface area (Å²) in [6.45, 7) is 5.27. The third kappa shape index (κ3) is 4.93. The van der Waals surface area contributed by atoms with Crippen LogP contribution in [-0.4, -0.2) is 74.0 Å². The summed E-state index contributed by atoms with van der Waals surface area (Å²) in [7, 11) is 3.78. The maximum absolute atomic E-state index is 11.6. The summed E-state index contributed by atoms with van der Waals surface area (Å²) in [6.07, 6.45) is 3.69. The quantitative estimate of drug-likeness (QED) is 0.285. The molecule has 192 valence electrons. The van der Waals surface area contributed by atoms with E-state index < -0.39 is 5.91 Å². The van der Waals surface area contributed by atoms with E-state index >= 15 is 0 Å². The van der Waals surface area contributed by atoms with Crippen LogP contribution in [0.3, 0.4) is 0 Å². The van der Waals surface area contributed by atoms with Crippen LogP contribution in [0.2, 0.25) is 0 Å². The topological polar surface area (TPSA) is 134 Å². The fourth-order valence-corrected chi connectivity index (χ4v) is 4.23. The number of nitrogens with zero attached hydrogens (tertiary/aromatic N) is 8. The van der Waals surface area contributed by atoms with Gasteiger partial charge in [-0.1, -0.05) is 31.2 Å². The van der Waals surface area contributed by atoms with Crippen molar-refractivity contribution in [3.63, 3.8) is 0 Å². The Labute approximate surface area is 213 Å². The van der Waals surface area contributed by atoms with Gasteiger partial charge >= 0.3 is 0 Å². The molecule has 12 heteroatoms. The zero-order valence-electron chi connectivity index (χ0n) is 21.0. The Hall–Kier alpha value is -4.16. The van der Waals surface area contributed by atoms with Gasteiger partial charge in [0.15, 0.2) is 22.8 Å². The molecule has 0 atom stereocenters. The van der Waals surface area contributed by atoms with Crippen molar-refractivity contribution in [2.24, 2.45) is 7.05 Å². The second-order valence-electron chi connectivity index (χ2n) is 8.85. The highest BCUT2D eigenvalue weighted by molar-refractivity contribution is 5.92. The Bertz CT molecular complexity index is 1400. The van der Waals surface area contributed by atoms with Crippen LogP contribution in [0.1, 0.15) is 28.7 Å². The zero-order valence-corrected chi connectivity index (χ0v) is 21.0. The van der Waals surface area contributed by atoms with Crippen LogP contribution in [0, 0.1) is 0 Å². The molecule has 0 radical (unpaired) electrons. The number of hydroxylamine groups is 1. The van der Waals surface area contributed by atoms with E-state index in [1.807, 2.05) is 23.6 Å². The predicted molar refractivity (Wildman–Crippen MR) is 138 cm³/mol. The number of amides is 1. The maximum atomic E-state index is 11.6. The number of aryl methyl sites for hydroxylation is 2. The van der Waals surface area contributed by atoms with Gasteiger partial charge in [-0.25, -0.2) is 30.4 Å². The van der Waals surface area contributed by atoms with Crippen molar-refractivity contribution < 1.29 is 14.7 Å². The van der Waals surface area contributed by atoms with Gasteiger partial charge < -0.3 is 19.1 Å². The molecule has 1 saturated heterocycles. The smallest absolute Gasteiger partial charge is 0.277 e. The molecular weight excluding hydrogens is 474 g/mol. The first-order chi connectivity index (χ1) is 18.0. The lowest BCUT2D eigenvalue weighted by Gasteiger charge is -2.28. The summed E-state index contributed by atoms with van der Waals surface area (Å²) < 4.78 is 7.53. The fraction of sp³-hybridized carbons (Fsp3) is 0.360. The van der Waals surface area contributed by atoms with Gasteiger partial charge in [0.25, 0.3) is 5.91 Å². The summed E-state index contributed by atoms with van der Waals surface area (Å²) in [5.74, 6) is 1.96. The number of morpholine rings is 1. The molecular formula is C25H29N9O3. The maximum Gasteiger partial charge on any atom is 0.277 e. The Morgan fingerprint density at radius 3 is 2.46 bits per heavy atom. The van der Waals surface area contributed by atoms with Gasteiger partial charge in [-0.3, -0.25) is 10.0 Å². The second kappa shape index (κ2) is 10.4. The number of aromatic nitrogens is 6. The van der Waals surface area contributed by atoms with Gasteiger partial charge in [0.1, 0.15) is 5.82 Å². The molecule has 4 aromatic rings. The van der Waals surface area contributed by atoms with E-state index in [1.165, 1.54) is 18.0 Å². The Kier molecular flexibility index (Phi) is 6.93. The molecule has 0 saturated carbocycles. The van der Waals surface area contributed by atoms with Crippen LogP contribution in [0.25, 0.3) is 22.6 Å². The standard InChI is InChI=1S/C25H29N9O3/c1-4-16-5-7-17(8-6-16)21-29-22-20(23(30-21)34-9-11-37-12-10-34)28-19(33(22)3)15-32(2)25-26-13-18(14-27-25)24(35)31-36/h5-8,13-14,36H,4,9-12,15H2,1-3H3,(H,31,35). The van der Waals surface area contributed by atoms with Crippen LogP contribution in [-0.2, 0) is 24.8 Å². The average molecular weight is 504 g/mol. The molecule has 4 heterocycles. The minimum absolute atomic E-state index is 0.160. The van der Waals surface area contributed by atoms with E-state index in [1.54, 1.807) is 5.48 Å². The Morgan fingerprint density at radius 2 is 1.81 bits per heavy atom. The summed E-state index contributed by atoms with van der Waals surface area (Å²) in [4.78, 5) is 38.9. The van der Waals surface area contributed by atoms with Crippen molar-refractivity contribution >= 4 is 28.8 Å². The van der Waals surface area contributed by atoms with Gasteiger partial charge in [0, 0.05) is 45.1 Å². The molecule has 1 aliphatic rings. The lowest BCUT2D eigenvalue weighted by atomic mass is 10.1. The van der Waals surface area contributed by atoms with Crippen LogP contribution < -0.4 is 15.3 Å². The lowest BCUT2D eigenvalue weighted by molar-refractivity contribution is 0.0705. The number of carbonyl (C=O) groups is 1. The summed E-state index contributed by atoms with van der Waals surface area (Å²) in [5, 5.41) is 8.80. The van der Waals surface area contributed by atoms with Crippen LogP contribution in [0.15, 0.2) is 36.7 Å². The molecule has 37 heavy (non-hydrogen) atoms. The first kappa shape index (κ1) is 24.5. The minimum atomic E-state index is -0.668. The first-order valence-electron chi connectivity index (χ1n) is 12.1. The average Bonchev–Trinajstić information content (AvgIpc) is 3.27. The largest absolute Gasteiger partial charge is 0.378 e. The highest BCUT2D eigenvalue weighted by atomic mass is 16.5. The zero-order chi connectivity index (χ0) is 25.9. The third-order valence-corrected chi connectivity index (χ3v) is 6.45. The normalized spacial score (nSPS) is 13.7. The van der Waals surface area contributed by atoms with Crippen molar-refractivity contribution in [3.05, 3.63) is 53.6 Å². The number of carbonyl (C=O) groups excluding carboxylic acids is 1. The number of ether oxygens (including phenoxy) is 1. The lowest BCUT2D eigenvalue weighted by Crippen LogP contribution is -2.37. The van der Waals surface area contributed by atoms with Crippen LogP contribution in [0.4, 0.5) is 11.8 Å². The molecule has 1 amide bonds. The summed E-state index contributed by atoms with van der Waals surface area (Å²) >= 11 is 0. The highest BCUT2D eigenvalue weighted by Gasteiger charge is 2.23. The van der Waals surface area contributed by atoms with Gasteiger partial charge in [0.05, 0.1) is 25.3 Å². The molecule has 1 fully saturated rings.